The van der Waals surface area contributed by atoms with E-state index in [1.807, 2.05) is 6.08 Å². The minimum Gasteiger partial charge on any atom is -0.313 e. The lowest BCUT2D eigenvalue weighted by atomic mass is 9.69. The first-order valence-corrected chi connectivity index (χ1v) is 23.1. The number of rotatable bonds is 7. The van der Waals surface area contributed by atoms with Crippen LogP contribution in [-0.2, 0) is 5.41 Å². The van der Waals surface area contributed by atoms with Crippen LogP contribution >= 0.6 is 0 Å². The average molecular weight is 838 g/mol. The first kappa shape index (κ1) is 38.1. The van der Waals surface area contributed by atoms with Gasteiger partial charge < -0.3 is 4.90 Å². The van der Waals surface area contributed by atoms with Crippen LogP contribution in [0.25, 0.3) is 66.4 Å². The minimum absolute atomic E-state index is 0.540. The van der Waals surface area contributed by atoms with Gasteiger partial charge in [0.2, 0.25) is 0 Å². The van der Waals surface area contributed by atoms with Crippen LogP contribution in [0.3, 0.4) is 0 Å². The van der Waals surface area contributed by atoms with Gasteiger partial charge in [0.15, 0.2) is 0 Å². The number of hydrogen-bond acceptors (Lipinski definition) is 1. The minimum atomic E-state index is -0.540. The molecule has 13 rings (SSSR count). The maximum absolute atomic E-state index is 3.63. The first-order chi connectivity index (χ1) is 32.8. The zero-order chi connectivity index (χ0) is 43.6. The molecular formula is C65H43N. The van der Waals surface area contributed by atoms with E-state index in [-0.39, 0.29) is 0 Å². The van der Waals surface area contributed by atoms with Gasteiger partial charge in [-0.05, 0) is 126 Å². The summed E-state index contributed by atoms with van der Waals surface area (Å²) in [6.07, 6.45) is 12.8. The van der Waals surface area contributed by atoms with E-state index < -0.39 is 5.41 Å². The van der Waals surface area contributed by atoms with Crippen molar-refractivity contribution in [1.29, 1.82) is 0 Å². The molecule has 0 heterocycles. The first-order valence-electron chi connectivity index (χ1n) is 23.1. The number of hydrogen-bond donors (Lipinski definition) is 0. The lowest BCUT2D eigenvalue weighted by Gasteiger charge is -2.36. The lowest BCUT2D eigenvalue weighted by molar-refractivity contribution is 0.801. The molecule has 9 aromatic carbocycles. The molecule has 0 aliphatic heterocycles. The van der Waals surface area contributed by atoms with E-state index >= 15 is 0 Å². The molecule has 0 amide bonds. The molecule has 1 nitrogen and oxygen atoms in total. The SMILES string of the molecule is C1=C=C(c2c(N(C3=CC=C(c4ccccc4)CC3)c3ccc(-c4ccc(-c5ccccc5)cc4)cc3)c3c(c4ccccc24)C2(c4ccccc4-c4ccccc42)c2ccccc2-3)C=CC=1. The largest absolute Gasteiger partial charge is 0.313 e. The van der Waals surface area contributed by atoms with Crippen molar-refractivity contribution in [2.75, 3.05) is 4.90 Å². The van der Waals surface area contributed by atoms with E-state index in [4.69, 9.17) is 0 Å². The summed E-state index contributed by atoms with van der Waals surface area (Å²) >= 11 is 0. The highest BCUT2D eigenvalue weighted by molar-refractivity contribution is 6.15. The fraction of sp³-hybridized carbons (Fsp3) is 0.0462. The van der Waals surface area contributed by atoms with Gasteiger partial charge in [-0.15, -0.1) is 0 Å². The molecule has 9 aromatic rings. The van der Waals surface area contributed by atoms with Gasteiger partial charge in [0.05, 0.1) is 11.1 Å². The number of benzene rings is 9. The maximum atomic E-state index is 3.63. The van der Waals surface area contributed by atoms with Gasteiger partial charge >= 0.3 is 0 Å². The predicted octanol–water partition coefficient (Wildman–Crippen LogP) is 16.7. The monoisotopic (exact) mass is 837 g/mol. The molecule has 0 saturated heterocycles. The Balaban J connectivity index is 1.12. The van der Waals surface area contributed by atoms with E-state index in [9.17, 15) is 0 Å². The highest BCUT2D eigenvalue weighted by Crippen LogP contribution is 2.67. The molecule has 4 aliphatic rings. The van der Waals surface area contributed by atoms with E-state index in [0.717, 1.165) is 29.7 Å². The molecule has 0 N–H and O–H groups in total. The molecule has 0 fully saturated rings. The number of anilines is 2. The van der Waals surface area contributed by atoms with Crippen LogP contribution in [0.2, 0.25) is 0 Å². The van der Waals surface area contributed by atoms with E-state index in [1.54, 1.807) is 0 Å². The van der Waals surface area contributed by atoms with Crippen LogP contribution in [0.1, 0.15) is 46.2 Å². The van der Waals surface area contributed by atoms with E-state index in [0.29, 0.717) is 0 Å². The highest BCUT2D eigenvalue weighted by Gasteiger charge is 2.54. The maximum Gasteiger partial charge on any atom is 0.0732 e. The Hall–Kier alpha value is -8.44. The Morgan fingerprint density at radius 2 is 0.939 bits per heavy atom. The Bertz CT molecular complexity index is 3580. The summed E-state index contributed by atoms with van der Waals surface area (Å²) in [5.41, 5.74) is 30.1. The molecule has 0 radical (unpaired) electrons. The van der Waals surface area contributed by atoms with Gasteiger partial charge in [0.1, 0.15) is 0 Å². The highest BCUT2D eigenvalue weighted by atomic mass is 15.2. The van der Waals surface area contributed by atoms with Crippen molar-refractivity contribution in [3.63, 3.8) is 0 Å². The van der Waals surface area contributed by atoms with Crippen LogP contribution in [0.5, 0.6) is 0 Å². The summed E-state index contributed by atoms with van der Waals surface area (Å²) in [6, 6.07) is 76.3. The Morgan fingerprint density at radius 1 is 0.424 bits per heavy atom. The molecule has 0 unspecified atom stereocenters. The Labute approximate surface area is 386 Å². The summed E-state index contributed by atoms with van der Waals surface area (Å²) < 4.78 is 0. The second-order valence-corrected chi connectivity index (χ2v) is 17.7. The molecule has 0 bridgehead atoms. The van der Waals surface area contributed by atoms with Crippen LogP contribution < -0.4 is 4.90 Å². The standard InChI is InChI=1S/C65H43N/c1-4-18-44(19-5-1)46-32-34-47(35-33-46)49-38-42-52(43-39-49)66(51-40-36-48(37-41-51)45-20-6-2-7-21-45)64-61(50-22-8-3-9-23-50)55-26-10-11-27-56(55)63-62(64)57-28-14-17-31-60(57)65(63)58-29-15-12-24-53(58)54-25-13-16-30-59(54)65/h1-8,10-22,24-36,38-40,42-43H,37,41H2. The Morgan fingerprint density at radius 3 is 1.53 bits per heavy atom. The molecule has 0 atom stereocenters. The fourth-order valence-corrected chi connectivity index (χ4v) is 11.5. The zero-order valence-electron chi connectivity index (χ0n) is 36.4. The van der Waals surface area contributed by atoms with Crippen LogP contribution in [0.15, 0.2) is 254 Å². The molecule has 308 valence electrons. The van der Waals surface area contributed by atoms with Crippen molar-refractivity contribution in [3.8, 4) is 44.5 Å². The van der Waals surface area contributed by atoms with Crippen molar-refractivity contribution in [2.24, 2.45) is 0 Å². The Kier molecular flexibility index (Phi) is 8.87. The van der Waals surface area contributed by atoms with Crippen molar-refractivity contribution in [2.45, 2.75) is 18.3 Å². The van der Waals surface area contributed by atoms with Gasteiger partial charge in [-0.1, -0.05) is 218 Å². The van der Waals surface area contributed by atoms with Crippen LogP contribution in [0.4, 0.5) is 11.4 Å². The summed E-state index contributed by atoms with van der Waals surface area (Å²) in [5, 5.41) is 2.46. The summed E-state index contributed by atoms with van der Waals surface area (Å²) in [6.45, 7) is 0. The normalized spacial score (nSPS) is 14.6. The number of nitrogens with zero attached hydrogens (tertiary/aromatic N) is 1. The predicted molar refractivity (Wildman–Crippen MR) is 276 cm³/mol. The van der Waals surface area contributed by atoms with Gasteiger partial charge in [0.25, 0.3) is 0 Å². The number of allylic oxidation sites excluding steroid dienone is 8. The third kappa shape index (κ3) is 5.75. The summed E-state index contributed by atoms with van der Waals surface area (Å²) in [4.78, 5) is 2.60. The quantitative estimate of drug-likeness (QED) is 0.145. The smallest absolute Gasteiger partial charge is 0.0732 e. The molecule has 1 heteroatoms. The van der Waals surface area contributed by atoms with Gasteiger partial charge in [-0.25, -0.2) is 0 Å². The summed E-state index contributed by atoms with van der Waals surface area (Å²) in [5.74, 6) is 0. The second-order valence-electron chi connectivity index (χ2n) is 17.7. The molecule has 0 saturated carbocycles. The summed E-state index contributed by atoms with van der Waals surface area (Å²) in [7, 11) is 0. The van der Waals surface area contributed by atoms with Crippen molar-refractivity contribution >= 4 is 33.3 Å². The van der Waals surface area contributed by atoms with Gasteiger partial charge in [0, 0.05) is 28.1 Å². The third-order valence-electron chi connectivity index (χ3n) is 14.3. The average Bonchev–Trinajstić information content (AvgIpc) is 3.88. The van der Waals surface area contributed by atoms with E-state index in [1.165, 1.54) is 100 Å². The van der Waals surface area contributed by atoms with Gasteiger partial charge in [-0.2, -0.15) is 0 Å². The molecule has 0 aromatic heterocycles. The van der Waals surface area contributed by atoms with Crippen molar-refractivity contribution in [3.05, 3.63) is 287 Å². The van der Waals surface area contributed by atoms with Crippen LogP contribution in [-0.4, -0.2) is 0 Å². The second kappa shape index (κ2) is 15.4. The van der Waals surface area contributed by atoms with E-state index in [2.05, 4.69) is 247 Å². The third-order valence-corrected chi connectivity index (χ3v) is 14.3. The zero-order valence-corrected chi connectivity index (χ0v) is 36.4. The lowest BCUT2D eigenvalue weighted by Crippen LogP contribution is -2.27. The van der Waals surface area contributed by atoms with Crippen LogP contribution in [0, 0.1) is 0 Å². The van der Waals surface area contributed by atoms with Crippen molar-refractivity contribution < 1.29 is 0 Å². The van der Waals surface area contributed by atoms with Crippen molar-refractivity contribution in [1.82, 2.24) is 0 Å². The molecular weight excluding hydrogens is 795 g/mol. The molecule has 66 heavy (non-hydrogen) atoms. The van der Waals surface area contributed by atoms with Gasteiger partial charge in [-0.3, -0.25) is 0 Å². The molecule has 4 aliphatic carbocycles. The number of fused-ring (bicyclic) bond motifs is 12. The fourth-order valence-electron chi connectivity index (χ4n) is 11.5. The topological polar surface area (TPSA) is 3.24 Å². The molecule has 1 spiro atoms.